The molecule has 3 unspecified atom stereocenters. The van der Waals surface area contributed by atoms with E-state index in [-0.39, 0.29) is 5.54 Å². The molecule has 3 aliphatic rings. The van der Waals surface area contributed by atoms with E-state index in [0.717, 1.165) is 45.3 Å². The van der Waals surface area contributed by atoms with Gasteiger partial charge >= 0.3 is 0 Å². The van der Waals surface area contributed by atoms with Crippen molar-refractivity contribution in [2.75, 3.05) is 19.6 Å². The Balaban J connectivity index is 1.71. The Bertz CT molecular complexity index is 325. The number of rotatable bonds is 2. The van der Waals surface area contributed by atoms with E-state index in [4.69, 9.17) is 0 Å². The fraction of sp³-hybridized carbons (Fsp3) is 0.929. The van der Waals surface area contributed by atoms with E-state index in [1.54, 1.807) is 0 Å². The van der Waals surface area contributed by atoms with E-state index in [1.165, 1.54) is 12.8 Å². The van der Waals surface area contributed by atoms with Crippen molar-refractivity contribution >= 4 is 5.91 Å². The van der Waals surface area contributed by atoms with Crippen LogP contribution in [-0.4, -0.2) is 48.1 Å². The van der Waals surface area contributed by atoms with E-state index in [1.807, 2.05) is 0 Å². The molecule has 0 aromatic rings. The summed E-state index contributed by atoms with van der Waals surface area (Å²) in [6, 6.07) is 1.19. The lowest BCUT2D eigenvalue weighted by Gasteiger charge is -2.34. The Labute approximate surface area is 109 Å². The van der Waals surface area contributed by atoms with E-state index >= 15 is 0 Å². The van der Waals surface area contributed by atoms with Crippen LogP contribution in [0.15, 0.2) is 0 Å². The summed E-state index contributed by atoms with van der Waals surface area (Å²) in [6.45, 7) is 4.99. The van der Waals surface area contributed by atoms with Gasteiger partial charge in [-0.2, -0.15) is 0 Å². The molecule has 3 fully saturated rings. The third-order valence-corrected chi connectivity index (χ3v) is 5.07. The number of carbonyl (C=O) groups excluding carboxylic acids is 1. The average molecular weight is 251 g/mol. The van der Waals surface area contributed by atoms with E-state index < -0.39 is 0 Å². The van der Waals surface area contributed by atoms with Crippen LogP contribution < -0.4 is 10.6 Å². The summed E-state index contributed by atoms with van der Waals surface area (Å²) in [4.78, 5) is 14.9. The second kappa shape index (κ2) is 4.82. The van der Waals surface area contributed by atoms with Crippen LogP contribution in [0.5, 0.6) is 0 Å². The number of nitrogens with zero attached hydrogens (tertiary/aromatic N) is 1. The molecule has 3 heterocycles. The number of nitrogens with one attached hydrogen (secondary N) is 2. The van der Waals surface area contributed by atoms with Crippen molar-refractivity contribution < 1.29 is 4.79 Å². The molecule has 3 saturated heterocycles. The van der Waals surface area contributed by atoms with Gasteiger partial charge in [-0.15, -0.1) is 0 Å². The predicted octanol–water partition coefficient (Wildman–Crippen LogP) is 0.872. The zero-order chi connectivity index (χ0) is 12.6. The highest BCUT2D eigenvalue weighted by atomic mass is 16.2. The first-order valence-corrected chi connectivity index (χ1v) is 7.54. The third kappa shape index (κ3) is 2.05. The van der Waals surface area contributed by atoms with Crippen molar-refractivity contribution in [3.8, 4) is 0 Å². The number of amides is 1. The van der Waals surface area contributed by atoms with Crippen molar-refractivity contribution in [3.05, 3.63) is 0 Å². The number of hydrogen-bond donors (Lipinski definition) is 2. The molecule has 0 radical (unpaired) electrons. The van der Waals surface area contributed by atoms with Gasteiger partial charge in [0, 0.05) is 25.2 Å². The lowest BCUT2D eigenvalue weighted by atomic mass is 9.91. The van der Waals surface area contributed by atoms with Gasteiger partial charge in [0.15, 0.2) is 0 Å². The molecule has 4 heteroatoms. The Morgan fingerprint density at radius 2 is 2.17 bits per heavy atom. The molecular formula is C14H25N3O. The summed E-state index contributed by atoms with van der Waals surface area (Å²) in [5.74, 6) is 0.358. The molecule has 1 amide bonds. The smallest absolute Gasteiger partial charge is 0.242 e. The predicted molar refractivity (Wildman–Crippen MR) is 71.4 cm³/mol. The van der Waals surface area contributed by atoms with Crippen LogP contribution in [0.1, 0.15) is 45.4 Å². The fourth-order valence-corrected chi connectivity index (χ4v) is 3.87. The van der Waals surface area contributed by atoms with Crippen LogP contribution in [0.3, 0.4) is 0 Å². The number of carbonyl (C=O) groups is 1. The molecule has 0 aromatic carbocycles. The second-order valence-corrected chi connectivity index (χ2v) is 6.14. The van der Waals surface area contributed by atoms with Gasteiger partial charge in [0.25, 0.3) is 0 Å². The maximum absolute atomic E-state index is 12.8. The van der Waals surface area contributed by atoms with Crippen molar-refractivity contribution in [1.29, 1.82) is 0 Å². The van der Waals surface area contributed by atoms with E-state index in [2.05, 4.69) is 22.5 Å². The SMILES string of the molecule is CCC1(C(=O)N2CCC3CCC(C2)N3)CCCN1. The maximum Gasteiger partial charge on any atom is 0.242 e. The Hall–Kier alpha value is -0.610. The zero-order valence-electron chi connectivity index (χ0n) is 11.4. The number of hydrogen-bond acceptors (Lipinski definition) is 3. The molecule has 0 spiro atoms. The molecule has 3 rings (SSSR count). The molecule has 4 nitrogen and oxygen atoms in total. The standard InChI is InChI=1S/C14H25N3O/c1-2-14(7-3-8-15-14)13(18)17-9-6-11-4-5-12(10-17)16-11/h11-12,15-16H,2-10H2,1H3. The lowest BCUT2D eigenvalue weighted by Crippen LogP contribution is -2.56. The van der Waals surface area contributed by atoms with Crippen molar-refractivity contribution in [1.82, 2.24) is 15.5 Å². The molecule has 0 saturated carbocycles. The minimum Gasteiger partial charge on any atom is -0.339 e. The van der Waals surface area contributed by atoms with Gasteiger partial charge in [0.05, 0.1) is 5.54 Å². The Morgan fingerprint density at radius 3 is 2.89 bits per heavy atom. The highest BCUT2D eigenvalue weighted by molar-refractivity contribution is 5.86. The summed E-state index contributed by atoms with van der Waals surface area (Å²) >= 11 is 0. The molecule has 2 bridgehead atoms. The maximum atomic E-state index is 12.8. The fourth-order valence-electron chi connectivity index (χ4n) is 3.87. The van der Waals surface area contributed by atoms with Crippen LogP contribution in [0.4, 0.5) is 0 Å². The average Bonchev–Trinajstić information content (AvgIpc) is 2.96. The molecule has 102 valence electrons. The first-order chi connectivity index (χ1) is 8.73. The molecular weight excluding hydrogens is 226 g/mol. The van der Waals surface area contributed by atoms with Gasteiger partial charge in [0.2, 0.25) is 5.91 Å². The Morgan fingerprint density at radius 1 is 1.33 bits per heavy atom. The molecule has 3 atom stereocenters. The quantitative estimate of drug-likeness (QED) is 0.765. The molecule has 0 aromatic heterocycles. The van der Waals surface area contributed by atoms with Crippen molar-refractivity contribution in [2.45, 2.75) is 63.1 Å². The topological polar surface area (TPSA) is 44.4 Å². The summed E-state index contributed by atoms with van der Waals surface area (Å²) in [6.07, 6.45) is 6.73. The summed E-state index contributed by atoms with van der Waals surface area (Å²) < 4.78 is 0. The minimum absolute atomic E-state index is 0.246. The van der Waals surface area contributed by atoms with Crippen LogP contribution in [-0.2, 0) is 4.79 Å². The molecule has 2 N–H and O–H groups in total. The van der Waals surface area contributed by atoms with Crippen LogP contribution >= 0.6 is 0 Å². The summed E-state index contributed by atoms with van der Waals surface area (Å²) in [5, 5.41) is 7.11. The largest absolute Gasteiger partial charge is 0.339 e. The van der Waals surface area contributed by atoms with Gasteiger partial charge < -0.3 is 15.5 Å². The van der Waals surface area contributed by atoms with Crippen molar-refractivity contribution in [3.63, 3.8) is 0 Å². The highest BCUT2D eigenvalue weighted by Crippen LogP contribution is 2.28. The van der Waals surface area contributed by atoms with E-state index in [9.17, 15) is 4.79 Å². The van der Waals surface area contributed by atoms with Crippen LogP contribution in [0.2, 0.25) is 0 Å². The molecule has 18 heavy (non-hydrogen) atoms. The van der Waals surface area contributed by atoms with Gasteiger partial charge in [0.1, 0.15) is 0 Å². The van der Waals surface area contributed by atoms with Gasteiger partial charge in [-0.25, -0.2) is 0 Å². The normalized spacial score (nSPS) is 39.9. The summed E-state index contributed by atoms with van der Waals surface area (Å²) in [5.41, 5.74) is -0.246. The number of fused-ring (bicyclic) bond motifs is 2. The lowest BCUT2D eigenvalue weighted by molar-refractivity contribution is -0.138. The van der Waals surface area contributed by atoms with Gasteiger partial charge in [-0.3, -0.25) is 4.79 Å². The Kier molecular flexibility index (Phi) is 3.32. The second-order valence-electron chi connectivity index (χ2n) is 6.14. The summed E-state index contributed by atoms with van der Waals surface area (Å²) in [7, 11) is 0. The van der Waals surface area contributed by atoms with Crippen LogP contribution in [0.25, 0.3) is 0 Å². The van der Waals surface area contributed by atoms with Crippen LogP contribution in [0, 0.1) is 0 Å². The van der Waals surface area contributed by atoms with Gasteiger partial charge in [-0.1, -0.05) is 6.92 Å². The minimum atomic E-state index is -0.246. The third-order valence-electron chi connectivity index (χ3n) is 5.07. The highest BCUT2D eigenvalue weighted by Gasteiger charge is 2.43. The number of likely N-dealkylation sites (tertiary alicyclic amines) is 1. The monoisotopic (exact) mass is 251 g/mol. The zero-order valence-corrected chi connectivity index (χ0v) is 11.4. The van der Waals surface area contributed by atoms with Gasteiger partial charge in [-0.05, 0) is 45.1 Å². The molecule has 0 aliphatic carbocycles. The first kappa shape index (κ1) is 12.4. The molecule has 3 aliphatic heterocycles. The van der Waals surface area contributed by atoms with E-state index in [0.29, 0.717) is 18.0 Å². The van der Waals surface area contributed by atoms with Crippen molar-refractivity contribution in [2.24, 2.45) is 0 Å². The first-order valence-electron chi connectivity index (χ1n) is 7.54.